The first kappa shape index (κ1) is 17.2. The van der Waals surface area contributed by atoms with Gasteiger partial charge in [-0.05, 0) is 19.1 Å². The van der Waals surface area contributed by atoms with Gasteiger partial charge in [0.05, 0.1) is 12.8 Å². The molecular formula is C15H23NO3. The van der Waals surface area contributed by atoms with Gasteiger partial charge in [0.25, 0.3) is 0 Å². The standard InChI is InChI=1S/C12H13NO3.C2H6.CH4/c1-8-7-11(14)9-5-3-4-6-10(9)13(8)12(15)16-2;1-2;/h3-6,8H,7H2,1-2H3;1-2H3;1H4. The number of nitrogens with zero attached hydrogens (tertiary/aromatic N) is 1. The van der Waals surface area contributed by atoms with Crippen molar-refractivity contribution in [3.8, 4) is 0 Å². The molecule has 4 heteroatoms. The van der Waals surface area contributed by atoms with Crippen molar-refractivity contribution in [1.82, 2.24) is 0 Å². The van der Waals surface area contributed by atoms with E-state index in [1.54, 1.807) is 24.3 Å². The molecule has 2 rings (SSSR count). The number of carbonyl (C=O) groups excluding carboxylic acids is 2. The average Bonchev–Trinajstić information content (AvgIpc) is 2.41. The van der Waals surface area contributed by atoms with Crippen LogP contribution in [0.15, 0.2) is 24.3 Å². The van der Waals surface area contributed by atoms with Crippen LogP contribution in [0, 0.1) is 0 Å². The van der Waals surface area contributed by atoms with Crippen molar-refractivity contribution in [3.05, 3.63) is 29.8 Å². The van der Waals surface area contributed by atoms with E-state index < -0.39 is 6.09 Å². The number of methoxy groups -OCH3 is 1. The highest BCUT2D eigenvalue weighted by Crippen LogP contribution is 2.30. The van der Waals surface area contributed by atoms with Gasteiger partial charge in [-0.1, -0.05) is 33.4 Å². The van der Waals surface area contributed by atoms with E-state index in [1.165, 1.54) is 12.0 Å². The van der Waals surface area contributed by atoms with Crippen LogP contribution in [0.3, 0.4) is 0 Å². The molecule has 1 heterocycles. The largest absolute Gasteiger partial charge is 0.452 e. The first-order valence-electron chi connectivity index (χ1n) is 6.14. The van der Waals surface area contributed by atoms with Gasteiger partial charge >= 0.3 is 6.09 Å². The van der Waals surface area contributed by atoms with Crippen LogP contribution in [0.25, 0.3) is 0 Å². The van der Waals surface area contributed by atoms with Crippen molar-refractivity contribution in [2.24, 2.45) is 0 Å². The SMILES string of the molecule is C.CC.COC(=O)N1c2ccccc2C(=O)CC1C. The minimum atomic E-state index is -0.424. The predicted molar refractivity (Wildman–Crippen MR) is 77.8 cm³/mol. The van der Waals surface area contributed by atoms with Crippen LogP contribution in [-0.2, 0) is 4.74 Å². The van der Waals surface area contributed by atoms with Crippen LogP contribution in [0.2, 0.25) is 0 Å². The number of anilines is 1. The van der Waals surface area contributed by atoms with Crippen molar-refractivity contribution in [2.75, 3.05) is 12.0 Å². The zero-order chi connectivity index (χ0) is 13.7. The smallest absolute Gasteiger partial charge is 0.414 e. The van der Waals surface area contributed by atoms with Crippen LogP contribution >= 0.6 is 0 Å². The summed E-state index contributed by atoms with van der Waals surface area (Å²) in [4.78, 5) is 24.9. The highest BCUT2D eigenvalue weighted by atomic mass is 16.5. The fraction of sp³-hybridized carbons (Fsp3) is 0.467. The van der Waals surface area contributed by atoms with Crippen molar-refractivity contribution in [1.29, 1.82) is 0 Å². The van der Waals surface area contributed by atoms with Gasteiger partial charge in [0.2, 0.25) is 0 Å². The summed E-state index contributed by atoms with van der Waals surface area (Å²) in [6.07, 6.45) is -0.0843. The summed E-state index contributed by atoms with van der Waals surface area (Å²) < 4.78 is 4.73. The maximum atomic E-state index is 11.8. The van der Waals surface area contributed by atoms with Crippen LogP contribution in [0.4, 0.5) is 10.5 Å². The van der Waals surface area contributed by atoms with Crippen molar-refractivity contribution < 1.29 is 14.3 Å². The summed E-state index contributed by atoms with van der Waals surface area (Å²) in [7, 11) is 1.34. The van der Waals surface area contributed by atoms with Crippen molar-refractivity contribution in [2.45, 2.75) is 40.7 Å². The summed E-state index contributed by atoms with van der Waals surface area (Å²) in [6.45, 7) is 5.84. The number of amides is 1. The molecule has 0 saturated heterocycles. The van der Waals surface area contributed by atoms with Gasteiger partial charge in [-0.3, -0.25) is 9.69 Å². The molecule has 1 aromatic carbocycles. The van der Waals surface area contributed by atoms with Gasteiger partial charge in [-0.2, -0.15) is 0 Å². The first-order valence-corrected chi connectivity index (χ1v) is 6.14. The lowest BCUT2D eigenvalue weighted by molar-refractivity contribution is 0.0967. The first-order chi connectivity index (χ1) is 8.65. The number of Topliss-reactive ketones (excluding diaryl/α,β-unsaturated/α-hetero) is 1. The van der Waals surface area contributed by atoms with Gasteiger partial charge in [-0.15, -0.1) is 0 Å². The van der Waals surface area contributed by atoms with Gasteiger partial charge in [0.1, 0.15) is 0 Å². The molecule has 0 bridgehead atoms. The third-order valence-corrected chi connectivity index (χ3v) is 2.76. The van der Waals surface area contributed by atoms with Gasteiger partial charge < -0.3 is 4.74 Å². The number of fused-ring (bicyclic) bond motifs is 1. The second kappa shape index (κ2) is 7.56. The summed E-state index contributed by atoms with van der Waals surface area (Å²) in [5.74, 6) is 0.0725. The molecule has 0 saturated carbocycles. The molecule has 1 aliphatic rings. The topological polar surface area (TPSA) is 46.6 Å². The molecule has 1 atom stereocenters. The van der Waals surface area contributed by atoms with Crippen molar-refractivity contribution in [3.63, 3.8) is 0 Å². The fourth-order valence-corrected chi connectivity index (χ4v) is 2.00. The molecule has 1 unspecified atom stereocenters. The van der Waals surface area contributed by atoms with Crippen LogP contribution in [-0.4, -0.2) is 25.0 Å². The molecule has 0 fully saturated rings. The normalized spacial score (nSPS) is 16.5. The van der Waals surface area contributed by atoms with E-state index in [-0.39, 0.29) is 19.3 Å². The Bertz CT molecular complexity index is 443. The third kappa shape index (κ3) is 3.34. The Morgan fingerprint density at radius 2 is 1.89 bits per heavy atom. The number of ether oxygens (including phenoxy) is 1. The second-order valence-corrected chi connectivity index (χ2v) is 3.83. The Labute approximate surface area is 115 Å². The van der Waals surface area contributed by atoms with E-state index in [9.17, 15) is 9.59 Å². The number of para-hydroxylation sites is 1. The maximum absolute atomic E-state index is 11.8. The molecule has 0 spiro atoms. The number of rotatable bonds is 0. The molecule has 1 amide bonds. The summed E-state index contributed by atoms with van der Waals surface area (Å²) in [6, 6.07) is 6.94. The molecule has 19 heavy (non-hydrogen) atoms. The number of ketones is 1. The molecule has 1 aliphatic heterocycles. The highest BCUT2D eigenvalue weighted by Gasteiger charge is 2.32. The lowest BCUT2D eigenvalue weighted by Crippen LogP contribution is -2.43. The monoisotopic (exact) mass is 265 g/mol. The van der Waals surface area contributed by atoms with E-state index in [4.69, 9.17) is 4.74 Å². The van der Waals surface area contributed by atoms with E-state index in [1.807, 2.05) is 20.8 Å². The quantitative estimate of drug-likeness (QED) is 0.714. The molecule has 106 valence electrons. The Morgan fingerprint density at radius 3 is 2.47 bits per heavy atom. The Hall–Kier alpha value is -1.84. The van der Waals surface area contributed by atoms with E-state index in [2.05, 4.69) is 0 Å². The summed E-state index contributed by atoms with van der Waals surface area (Å²) in [5, 5.41) is 0. The summed E-state index contributed by atoms with van der Waals surface area (Å²) in [5.41, 5.74) is 1.23. The van der Waals surface area contributed by atoms with Gasteiger partial charge in [-0.25, -0.2) is 4.79 Å². The molecule has 0 aromatic heterocycles. The second-order valence-electron chi connectivity index (χ2n) is 3.83. The molecular weight excluding hydrogens is 242 g/mol. The average molecular weight is 265 g/mol. The molecule has 0 N–H and O–H groups in total. The minimum absolute atomic E-state index is 0. The van der Waals surface area contributed by atoms with Crippen LogP contribution in [0.1, 0.15) is 45.0 Å². The lowest BCUT2D eigenvalue weighted by Gasteiger charge is -2.32. The Kier molecular flexibility index (Phi) is 6.83. The minimum Gasteiger partial charge on any atom is -0.452 e. The van der Waals surface area contributed by atoms with E-state index >= 15 is 0 Å². The molecule has 0 radical (unpaired) electrons. The van der Waals surface area contributed by atoms with E-state index in [0.717, 1.165) is 0 Å². The predicted octanol–water partition coefficient (Wildman–Crippen LogP) is 3.90. The van der Waals surface area contributed by atoms with Gasteiger partial charge in [0, 0.05) is 18.0 Å². The molecule has 4 nitrogen and oxygen atoms in total. The van der Waals surface area contributed by atoms with Gasteiger partial charge in [0.15, 0.2) is 5.78 Å². The Balaban J connectivity index is 0.00000103. The number of hydrogen-bond donors (Lipinski definition) is 0. The maximum Gasteiger partial charge on any atom is 0.414 e. The van der Waals surface area contributed by atoms with Crippen LogP contribution in [0.5, 0.6) is 0 Å². The molecule has 1 aromatic rings. The summed E-state index contributed by atoms with van der Waals surface area (Å²) >= 11 is 0. The third-order valence-electron chi connectivity index (χ3n) is 2.76. The lowest BCUT2D eigenvalue weighted by atomic mass is 9.96. The highest BCUT2D eigenvalue weighted by molar-refractivity contribution is 6.08. The van der Waals surface area contributed by atoms with E-state index in [0.29, 0.717) is 17.7 Å². The number of carbonyl (C=O) groups is 2. The zero-order valence-electron chi connectivity index (χ0n) is 11.3. The number of benzene rings is 1. The van der Waals surface area contributed by atoms with Crippen molar-refractivity contribution >= 4 is 17.6 Å². The zero-order valence-corrected chi connectivity index (χ0v) is 11.3. The fourth-order valence-electron chi connectivity index (χ4n) is 2.00. The molecule has 0 aliphatic carbocycles. The number of hydrogen-bond acceptors (Lipinski definition) is 3. The van der Waals surface area contributed by atoms with Crippen LogP contribution < -0.4 is 4.90 Å². The Morgan fingerprint density at radius 1 is 1.32 bits per heavy atom.